The van der Waals surface area contributed by atoms with Crippen LogP contribution >= 0.6 is 11.3 Å². The number of nitrogens with zero attached hydrogens (tertiary/aromatic N) is 5. The Morgan fingerprint density at radius 1 is 1.26 bits per heavy atom. The van der Waals surface area contributed by atoms with Crippen molar-refractivity contribution in [2.45, 2.75) is 6.54 Å². The summed E-state index contributed by atoms with van der Waals surface area (Å²) in [7, 11) is 4.07. The van der Waals surface area contributed by atoms with Crippen molar-refractivity contribution >= 4 is 22.4 Å². The second kappa shape index (κ2) is 9.57. The summed E-state index contributed by atoms with van der Waals surface area (Å²) in [6.45, 7) is 5.59. The number of anilines is 1. The topological polar surface area (TPSA) is 70.2 Å². The molecule has 3 rings (SSSR count). The summed E-state index contributed by atoms with van der Waals surface area (Å²) in [6.07, 6.45) is 1.85. The number of aromatic nitrogens is 1. The average Bonchev–Trinajstić information content (AvgIpc) is 3.21. The number of piperazine rings is 1. The minimum atomic E-state index is 0.524. The highest BCUT2D eigenvalue weighted by Gasteiger charge is 2.19. The lowest BCUT2D eigenvalue weighted by atomic mass is 10.2. The van der Waals surface area contributed by atoms with Crippen LogP contribution in [0.4, 0.5) is 5.13 Å². The predicted molar refractivity (Wildman–Crippen MR) is 112 cm³/mol. The van der Waals surface area contributed by atoms with E-state index in [0.717, 1.165) is 49.2 Å². The zero-order chi connectivity index (χ0) is 19.1. The molecule has 0 radical (unpaired) electrons. The first-order chi connectivity index (χ1) is 13.1. The highest BCUT2D eigenvalue weighted by Crippen LogP contribution is 2.20. The Morgan fingerprint density at radius 3 is 2.74 bits per heavy atom. The molecule has 1 saturated heterocycles. The number of aliphatic imine (C=N–C) groups is 1. The first kappa shape index (κ1) is 19.4. The van der Waals surface area contributed by atoms with Crippen molar-refractivity contribution in [3.05, 3.63) is 41.4 Å². The molecule has 146 valence electrons. The molecule has 27 heavy (non-hydrogen) atoms. The maximum Gasteiger partial charge on any atom is 0.191 e. The van der Waals surface area contributed by atoms with Gasteiger partial charge >= 0.3 is 0 Å². The fourth-order valence-corrected chi connectivity index (χ4v) is 3.58. The minimum Gasteiger partial charge on any atom is -0.492 e. The molecule has 1 aromatic carbocycles. The Morgan fingerprint density at radius 2 is 2.04 bits per heavy atom. The van der Waals surface area contributed by atoms with Crippen LogP contribution in [-0.2, 0) is 6.54 Å². The molecule has 2 aromatic rings. The van der Waals surface area contributed by atoms with Crippen LogP contribution in [0.25, 0.3) is 0 Å². The van der Waals surface area contributed by atoms with Crippen LogP contribution in [0.2, 0.25) is 0 Å². The van der Waals surface area contributed by atoms with Crippen LogP contribution in [0.3, 0.4) is 0 Å². The normalized spacial score (nSPS) is 15.4. The van der Waals surface area contributed by atoms with Gasteiger partial charge in [0.05, 0.1) is 6.54 Å². The molecule has 0 aliphatic carbocycles. The average molecular weight is 389 g/mol. The van der Waals surface area contributed by atoms with E-state index in [2.05, 4.69) is 24.7 Å². The van der Waals surface area contributed by atoms with Crippen molar-refractivity contribution in [2.75, 3.05) is 58.3 Å². The van der Waals surface area contributed by atoms with Gasteiger partial charge in [-0.05, 0) is 20.2 Å². The quantitative estimate of drug-likeness (QED) is 0.575. The van der Waals surface area contributed by atoms with Crippen LogP contribution in [0.1, 0.15) is 5.56 Å². The van der Waals surface area contributed by atoms with Crippen molar-refractivity contribution in [1.29, 1.82) is 0 Å². The molecule has 2 heterocycles. The number of likely N-dealkylation sites (N-methyl/N-ethyl adjacent to an activating group) is 1. The molecule has 1 aliphatic rings. The highest BCUT2D eigenvalue weighted by atomic mass is 32.1. The van der Waals surface area contributed by atoms with Crippen molar-refractivity contribution in [3.8, 4) is 5.75 Å². The SMILES string of the molecule is CN(C)CCOc1ccccc1CN=C(N)N1CCN(c2nccs2)CC1. The Balaban J connectivity index is 1.53. The number of thiazole rings is 1. The third-order valence-corrected chi connectivity index (χ3v) is 5.31. The number of para-hydroxylation sites is 1. The van der Waals surface area contributed by atoms with Gasteiger partial charge in [0.1, 0.15) is 12.4 Å². The number of benzene rings is 1. The summed E-state index contributed by atoms with van der Waals surface area (Å²) in [5.74, 6) is 1.47. The monoisotopic (exact) mass is 388 g/mol. The summed E-state index contributed by atoms with van der Waals surface area (Å²) < 4.78 is 5.90. The summed E-state index contributed by atoms with van der Waals surface area (Å²) in [6, 6.07) is 8.03. The van der Waals surface area contributed by atoms with E-state index < -0.39 is 0 Å². The highest BCUT2D eigenvalue weighted by molar-refractivity contribution is 7.13. The standard InChI is InChI=1S/C19H28N6OS/c1-23(2)12-13-26-17-6-4-3-5-16(17)15-22-18(20)24-8-10-25(11-9-24)19-21-7-14-27-19/h3-7,14H,8-13,15H2,1-2H3,(H2,20,22). The molecule has 2 N–H and O–H groups in total. The van der Waals surface area contributed by atoms with Gasteiger partial charge in [-0.25, -0.2) is 9.98 Å². The van der Waals surface area contributed by atoms with E-state index in [1.54, 1.807) is 11.3 Å². The summed E-state index contributed by atoms with van der Waals surface area (Å²) in [5.41, 5.74) is 7.30. The van der Waals surface area contributed by atoms with Crippen molar-refractivity contribution in [2.24, 2.45) is 10.7 Å². The number of hydrogen-bond donors (Lipinski definition) is 1. The fraction of sp³-hybridized carbons (Fsp3) is 0.474. The summed E-state index contributed by atoms with van der Waals surface area (Å²) in [5, 5.41) is 3.09. The molecular formula is C19H28N6OS. The van der Waals surface area contributed by atoms with Gasteiger partial charge in [-0.1, -0.05) is 18.2 Å². The van der Waals surface area contributed by atoms with Crippen LogP contribution in [0.15, 0.2) is 40.8 Å². The molecule has 8 heteroatoms. The number of rotatable bonds is 7. The summed E-state index contributed by atoms with van der Waals surface area (Å²) in [4.78, 5) is 15.5. The fourth-order valence-electron chi connectivity index (χ4n) is 2.88. The Hall–Kier alpha value is -2.32. The lowest BCUT2D eigenvalue weighted by Crippen LogP contribution is -2.51. The molecule has 0 atom stereocenters. The Labute approximate surface area is 165 Å². The second-order valence-corrected chi connectivity index (χ2v) is 7.60. The molecule has 0 amide bonds. The third-order valence-electron chi connectivity index (χ3n) is 4.47. The van der Waals surface area contributed by atoms with E-state index in [1.165, 1.54) is 0 Å². The lowest BCUT2D eigenvalue weighted by Gasteiger charge is -2.35. The number of nitrogens with two attached hydrogens (primary N) is 1. The third kappa shape index (κ3) is 5.58. The van der Waals surface area contributed by atoms with Gasteiger partial charge in [-0.3, -0.25) is 0 Å². The van der Waals surface area contributed by atoms with Crippen LogP contribution in [0, 0.1) is 0 Å². The van der Waals surface area contributed by atoms with Gasteiger partial charge in [0.15, 0.2) is 11.1 Å². The van der Waals surface area contributed by atoms with Crippen LogP contribution in [0.5, 0.6) is 5.75 Å². The van der Waals surface area contributed by atoms with Gasteiger partial charge in [0, 0.05) is 49.9 Å². The second-order valence-electron chi connectivity index (χ2n) is 6.72. The maximum absolute atomic E-state index is 6.25. The first-order valence-electron chi connectivity index (χ1n) is 9.18. The molecule has 0 bridgehead atoms. The number of hydrogen-bond acceptors (Lipinski definition) is 6. The van der Waals surface area contributed by atoms with E-state index in [4.69, 9.17) is 10.5 Å². The van der Waals surface area contributed by atoms with E-state index in [9.17, 15) is 0 Å². The zero-order valence-corrected chi connectivity index (χ0v) is 16.9. The molecule has 1 fully saturated rings. The zero-order valence-electron chi connectivity index (χ0n) is 16.0. The molecule has 0 unspecified atom stereocenters. The van der Waals surface area contributed by atoms with Gasteiger partial charge in [-0.15, -0.1) is 11.3 Å². The summed E-state index contributed by atoms with van der Waals surface area (Å²) >= 11 is 1.67. The van der Waals surface area contributed by atoms with E-state index in [-0.39, 0.29) is 0 Å². The molecule has 1 aliphatic heterocycles. The largest absolute Gasteiger partial charge is 0.492 e. The van der Waals surface area contributed by atoms with Crippen molar-refractivity contribution in [1.82, 2.24) is 14.8 Å². The van der Waals surface area contributed by atoms with Crippen LogP contribution < -0.4 is 15.4 Å². The van der Waals surface area contributed by atoms with Crippen LogP contribution in [-0.4, -0.2) is 74.2 Å². The first-order valence-corrected chi connectivity index (χ1v) is 10.1. The van der Waals surface area contributed by atoms with Gasteiger partial charge in [0.25, 0.3) is 0 Å². The van der Waals surface area contributed by atoms with Crippen molar-refractivity contribution in [3.63, 3.8) is 0 Å². The molecule has 7 nitrogen and oxygen atoms in total. The number of guanidine groups is 1. The van der Waals surface area contributed by atoms with E-state index in [0.29, 0.717) is 19.1 Å². The molecule has 0 spiro atoms. The smallest absolute Gasteiger partial charge is 0.191 e. The Bertz CT molecular complexity index is 726. The minimum absolute atomic E-state index is 0.524. The molecule has 0 saturated carbocycles. The molecule has 1 aromatic heterocycles. The Kier molecular flexibility index (Phi) is 6.89. The van der Waals surface area contributed by atoms with Gasteiger partial charge in [0.2, 0.25) is 0 Å². The maximum atomic E-state index is 6.25. The van der Waals surface area contributed by atoms with Gasteiger partial charge in [-0.2, -0.15) is 0 Å². The predicted octanol–water partition coefficient (Wildman–Crippen LogP) is 1.72. The van der Waals surface area contributed by atoms with Crippen molar-refractivity contribution < 1.29 is 4.74 Å². The lowest BCUT2D eigenvalue weighted by molar-refractivity contribution is 0.259. The van der Waals surface area contributed by atoms with E-state index in [1.807, 2.05) is 49.9 Å². The molecular weight excluding hydrogens is 360 g/mol. The van der Waals surface area contributed by atoms with Gasteiger partial charge < -0.3 is 25.2 Å². The van der Waals surface area contributed by atoms with E-state index >= 15 is 0 Å². The number of ether oxygens (including phenoxy) is 1.